The van der Waals surface area contributed by atoms with Gasteiger partial charge in [0.1, 0.15) is 12.4 Å². The lowest BCUT2D eigenvalue weighted by Crippen LogP contribution is -2.03. The molecule has 0 N–H and O–H groups in total. The van der Waals surface area contributed by atoms with E-state index in [1.807, 2.05) is 37.3 Å². The molecule has 0 fully saturated rings. The van der Waals surface area contributed by atoms with Gasteiger partial charge in [-0.1, -0.05) is 11.6 Å². The summed E-state index contributed by atoms with van der Waals surface area (Å²) in [7, 11) is 0. The van der Waals surface area contributed by atoms with Crippen molar-refractivity contribution < 1.29 is 9.53 Å². The number of ether oxygens (including phenoxy) is 1. The predicted octanol–water partition coefficient (Wildman–Crippen LogP) is 3.93. The quantitative estimate of drug-likeness (QED) is 0.801. The minimum Gasteiger partial charge on any atom is -0.487 e. The Morgan fingerprint density at radius 1 is 1.32 bits per heavy atom. The number of hydrogen-bond donors (Lipinski definition) is 0. The fraction of sp³-hybridized carbons (Fsp3) is 0.200. The van der Waals surface area contributed by atoms with Gasteiger partial charge in [-0.2, -0.15) is 0 Å². The molecule has 3 nitrogen and oxygen atoms in total. The molecule has 0 saturated carbocycles. The van der Waals surface area contributed by atoms with Crippen LogP contribution in [-0.4, -0.2) is 10.8 Å². The summed E-state index contributed by atoms with van der Waals surface area (Å²) in [4.78, 5) is 15.8. The molecule has 0 atom stereocenters. The van der Waals surface area contributed by atoms with Crippen molar-refractivity contribution in [2.24, 2.45) is 0 Å². The maximum absolute atomic E-state index is 11.6. The summed E-state index contributed by atoms with van der Waals surface area (Å²) in [5, 5.41) is 0. The summed E-state index contributed by atoms with van der Waals surface area (Å²) in [6, 6.07) is 9.38. The van der Waals surface area contributed by atoms with Gasteiger partial charge in [-0.25, -0.2) is 0 Å². The summed E-state index contributed by atoms with van der Waals surface area (Å²) in [5.41, 5.74) is 2.47. The van der Waals surface area contributed by atoms with E-state index in [4.69, 9.17) is 4.74 Å². The Labute approximate surface area is 120 Å². The van der Waals surface area contributed by atoms with Crippen molar-refractivity contribution in [3.63, 3.8) is 0 Å². The topological polar surface area (TPSA) is 39.2 Å². The number of rotatable bonds is 4. The maximum atomic E-state index is 11.6. The zero-order chi connectivity index (χ0) is 13.8. The van der Waals surface area contributed by atoms with Gasteiger partial charge < -0.3 is 4.74 Å². The van der Waals surface area contributed by atoms with Gasteiger partial charge in [-0.15, -0.1) is 0 Å². The molecule has 1 aromatic carbocycles. The van der Waals surface area contributed by atoms with E-state index < -0.39 is 0 Å². The highest BCUT2D eigenvalue weighted by molar-refractivity contribution is 9.10. The largest absolute Gasteiger partial charge is 0.487 e. The predicted molar refractivity (Wildman–Crippen MR) is 77.5 cm³/mol. The monoisotopic (exact) mass is 319 g/mol. The van der Waals surface area contributed by atoms with Crippen LogP contribution in [0.1, 0.15) is 28.5 Å². The van der Waals surface area contributed by atoms with Crippen LogP contribution in [0.25, 0.3) is 0 Å². The van der Waals surface area contributed by atoms with Crippen LogP contribution in [0, 0.1) is 6.92 Å². The number of carbonyl (C=O) groups excluding carboxylic acids is 1. The maximum Gasteiger partial charge on any atom is 0.163 e. The van der Waals surface area contributed by atoms with Crippen LogP contribution in [0.15, 0.2) is 41.0 Å². The Hall–Kier alpha value is -1.68. The first-order valence-electron chi connectivity index (χ1n) is 5.91. The molecule has 0 unspecified atom stereocenters. The molecule has 0 aliphatic heterocycles. The second-order valence-corrected chi connectivity index (χ2v) is 5.23. The molecule has 0 aliphatic rings. The van der Waals surface area contributed by atoms with E-state index in [-0.39, 0.29) is 5.78 Å². The molecule has 0 saturated heterocycles. The van der Waals surface area contributed by atoms with E-state index in [1.165, 1.54) is 0 Å². The normalized spacial score (nSPS) is 10.3. The second kappa shape index (κ2) is 5.97. The van der Waals surface area contributed by atoms with E-state index in [0.29, 0.717) is 17.9 Å². The van der Waals surface area contributed by atoms with Crippen molar-refractivity contribution in [3.8, 4) is 5.75 Å². The fourth-order valence-corrected chi connectivity index (χ4v) is 1.92. The van der Waals surface area contributed by atoms with Gasteiger partial charge in [-0.3, -0.25) is 9.78 Å². The zero-order valence-electron chi connectivity index (χ0n) is 10.8. The highest BCUT2D eigenvalue weighted by Gasteiger charge is 2.09. The summed E-state index contributed by atoms with van der Waals surface area (Å²) < 4.78 is 6.61. The number of carbonyl (C=O) groups is 1. The van der Waals surface area contributed by atoms with Crippen molar-refractivity contribution in [2.75, 3.05) is 0 Å². The fourth-order valence-electron chi connectivity index (χ4n) is 1.69. The summed E-state index contributed by atoms with van der Waals surface area (Å²) in [6.07, 6.45) is 1.72. The van der Waals surface area contributed by atoms with E-state index in [2.05, 4.69) is 20.9 Å². The molecule has 1 aromatic heterocycles. The van der Waals surface area contributed by atoms with Crippen molar-refractivity contribution >= 4 is 21.7 Å². The number of hydrogen-bond acceptors (Lipinski definition) is 3. The van der Waals surface area contributed by atoms with Crippen LogP contribution >= 0.6 is 15.9 Å². The lowest BCUT2D eigenvalue weighted by molar-refractivity contribution is 0.101. The average Bonchev–Trinajstić information content (AvgIpc) is 2.39. The van der Waals surface area contributed by atoms with E-state index in [0.717, 1.165) is 15.7 Å². The molecule has 4 heteroatoms. The average molecular weight is 320 g/mol. The van der Waals surface area contributed by atoms with Gasteiger partial charge in [0.05, 0.1) is 11.3 Å². The van der Waals surface area contributed by atoms with Crippen LogP contribution < -0.4 is 4.74 Å². The highest BCUT2D eigenvalue weighted by Crippen LogP contribution is 2.21. The Balaban J connectivity index is 2.15. The number of aryl methyl sites for hydroxylation is 1. The first-order valence-corrected chi connectivity index (χ1v) is 6.70. The molecule has 2 aromatic rings. The summed E-state index contributed by atoms with van der Waals surface area (Å²) >= 11 is 3.33. The third-order valence-corrected chi connectivity index (χ3v) is 3.15. The molecule has 0 aliphatic carbocycles. The third kappa shape index (κ3) is 3.64. The highest BCUT2D eigenvalue weighted by atomic mass is 79.9. The molecule has 0 bridgehead atoms. The van der Waals surface area contributed by atoms with Crippen LogP contribution in [0.3, 0.4) is 0 Å². The van der Waals surface area contributed by atoms with Gasteiger partial charge >= 0.3 is 0 Å². The van der Waals surface area contributed by atoms with E-state index in [9.17, 15) is 4.79 Å². The number of benzene rings is 1. The lowest BCUT2D eigenvalue weighted by Gasteiger charge is -2.10. The van der Waals surface area contributed by atoms with Gasteiger partial charge in [0, 0.05) is 10.7 Å². The number of aromatic nitrogens is 1. The Morgan fingerprint density at radius 3 is 2.74 bits per heavy atom. The number of halogens is 1. The number of ketones is 1. The van der Waals surface area contributed by atoms with Gasteiger partial charge in [0.15, 0.2) is 5.78 Å². The Morgan fingerprint density at radius 2 is 2.11 bits per heavy atom. The van der Waals surface area contributed by atoms with Crippen molar-refractivity contribution in [2.45, 2.75) is 20.5 Å². The molecule has 2 rings (SSSR count). The van der Waals surface area contributed by atoms with Gasteiger partial charge in [-0.05, 0) is 54.0 Å². The van der Waals surface area contributed by atoms with Crippen molar-refractivity contribution in [1.29, 1.82) is 0 Å². The Kier molecular flexibility index (Phi) is 4.32. The number of Topliss-reactive ketones (excluding diaryl/α,β-unsaturated/α-hetero) is 1. The lowest BCUT2D eigenvalue weighted by atomic mass is 10.1. The first kappa shape index (κ1) is 13.7. The molecule has 0 amide bonds. The molecule has 1 heterocycles. The van der Waals surface area contributed by atoms with Gasteiger partial charge in [0.25, 0.3) is 0 Å². The number of pyridine rings is 1. The molecule has 0 spiro atoms. The zero-order valence-corrected chi connectivity index (χ0v) is 12.4. The SMILES string of the molecule is CC(=O)c1cc(C)ccc1OCc1ccc(Br)cn1. The molecule has 0 radical (unpaired) electrons. The van der Waals surface area contributed by atoms with Crippen LogP contribution in [0.4, 0.5) is 0 Å². The van der Waals surface area contributed by atoms with E-state index in [1.54, 1.807) is 13.1 Å². The first-order chi connectivity index (χ1) is 9.06. The summed E-state index contributed by atoms with van der Waals surface area (Å²) in [5.74, 6) is 0.602. The summed E-state index contributed by atoms with van der Waals surface area (Å²) in [6.45, 7) is 3.84. The third-order valence-electron chi connectivity index (χ3n) is 2.68. The van der Waals surface area contributed by atoms with Crippen molar-refractivity contribution in [1.82, 2.24) is 4.98 Å². The molecule has 19 heavy (non-hydrogen) atoms. The van der Waals surface area contributed by atoms with Crippen LogP contribution in [-0.2, 0) is 6.61 Å². The molecular formula is C15H14BrNO2. The minimum atomic E-state index is 0.00228. The Bertz CT molecular complexity index is 594. The minimum absolute atomic E-state index is 0.00228. The second-order valence-electron chi connectivity index (χ2n) is 4.31. The molecular weight excluding hydrogens is 306 g/mol. The van der Waals surface area contributed by atoms with Gasteiger partial charge in [0.2, 0.25) is 0 Å². The smallest absolute Gasteiger partial charge is 0.163 e. The van der Waals surface area contributed by atoms with Crippen LogP contribution in [0.2, 0.25) is 0 Å². The molecule has 98 valence electrons. The van der Waals surface area contributed by atoms with Crippen molar-refractivity contribution in [3.05, 3.63) is 57.8 Å². The van der Waals surface area contributed by atoms with Crippen LogP contribution in [0.5, 0.6) is 5.75 Å². The standard InChI is InChI=1S/C15H14BrNO2/c1-10-3-6-15(14(7-10)11(2)18)19-9-13-5-4-12(16)8-17-13/h3-8H,9H2,1-2H3. The van der Waals surface area contributed by atoms with E-state index >= 15 is 0 Å². The number of nitrogens with zero attached hydrogens (tertiary/aromatic N) is 1.